The fourth-order valence-electron chi connectivity index (χ4n) is 2.56. The van der Waals surface area contributed by atoms with Crippen molar-refractivity contribution in [3.63, 3.8) is 0 Å². The Morgan fingerprint density at radius 2 is 1.90 bits per heavy atom. The van der Waals surface area contributed by atoms with Crippen LogP contribution in [0.1, 0.15) is 5.56 Å². The van der Waals surface area contributed by atoms with Gasteiger partial charge in [-0.05, 0) is 47.9 Å². The number of para-hydroxylation sites is 1. The van der Waals surface area contributed by atoms with Crippen LogP contribution in [0.3, 0.4) is 0 Å². The SMILES string of the molecule is COc1cccc(CC2=CC=CN(c3ccccc3)C2)c1. The molecule has 0 atom stereocenters. The van der Waals surface area contributed by atoms with Crippen LogP contribution in [0.5, 0.6) is 5.75 Å². The van der Waals surface area contributed by atoms with Crippen molar-refractivity contribution in [1.82, 2.24) is 0 Å². The molecule has 1 heterocycles. The van der Waals surface area contributed by atoms with Crippen molar-refractivity contribution in [1.29, 1.82) is 0 Å². The van der Waals surface area contributed by atoms with Crippen molar-refractivity contribution in [2.24, 2.45) is 0 Å². The van der Waals surface area contributed by atoms with Crippen molar-refractivity contribution in [3.05, 3.63) is 84.1 Å². The maximum absolute atomic E-state index is 5.29. The summed E-state index contributed by atoms with van der Waals surface area (Å²) in [6.45, 7) is 0.928. The van der Waals surface area contributed by atoms with Gasteiger partial charge in [0.2, 0.25) is 0 Å². The third-order valence-corrected chi connectivity index (χ3v) is 3.62. The van der Waals surface area contributed by atoms with Gasteiger partial charge in [0, 0.05) is 18.4 Å². The summed E-state index contributed by atoms with van der Waals surface area (Å²) >= 11 is 0. The summed E-state index contributed by atoms with van der Waals surface area (Å²) in [6.07, 6.45) is 7.40. The van der Waals surface area contributed by atoms with Crippen molar-refractivity contribution in [2.45, 2.75) is 6.42 Å². The topological polar surface area (TPSA) is 12.5 Å². The zero-order valence-electron chi connectivity index (χ0n) is 12.2. The molecule has 2 aromatic carbocycles. The number of allylic oxidation sites excluding steroid dienone is 2. The molecule has 0 saturated carbocycles. The van der Waals surface area contributed by atoms with E-state index in [2.05, 4.69) is 59.7 Å². The lowest BCUT2D eigenvalue weighted by atomic mass is 10.0. The molecule has 0 saturated heterocycles. The maximum atomic E-state index is 5.29. The van der Waals surface area contributed by atoms with Gasteiger partial charge in [-0.1, -0.05) is 36.4 Å². The fourth-order valence-corrected chi connectivity index (χ4v) is 2.56. The Hall–Kier alpha value is -2.48. The summed E-state index contributed by atoms with van der Waals surface area (Å²) in [6, 6.07) is 18.7. The third kappa shape index (κ3) is 3.34. The Morgan fingerprint density at radius 1 is 1.05 bits per heavy atom. The smallest absolute Gasteiger partial charge is 0.119 e. The van der Waals surface area contributed by atoms with E-state index in [0.717, 1.165) is 18.7 Å². The standard InChI is InChI=1S/C19H19NO/c1-21-19-11-5-7-16(14-19)13-17-8-6-12-20(15-17)18-9-3-2-4-10-18/h2-12,14H,13,15H2,1H3. The van der Waals surface area contributed by atoms with Crippen LogP contribution in [-0.4, -0.2) is 13.7 Å². The van der Waals surface area contributed by atoms with E-state index in [9.17, 15) is 0 Å². The van der Waals surface area contributed by atoms with Gasteiger partial charge in [0.05, 0.1) is 7.11 Å². The molecular weight excluding hydrogens is 258 g/mol. The molecule has 1 aliphatic heterocycles. The lowest BCUT2D eigenvalue weighted by Crippen LogP contribution is -2.22. The van der Waals surface area contributed by atoms with Crippen LogP contribution in [0.4, 0.5) is 5.69 Å². The average molecular weight is 277 g/mol. The second-order valence-electron chi connectivity index (χ2n) is 5.16. The van der Waals surface area contributed by atoms with Crippen LogP contribution >= 0.6 is 0 Å². The second-order valence-corrected chi connectivity index (χ2v) is 5.16. The summed E-state index contributed by atoms with van der Waals surface area (Å²) in [5, 5.41) is 0. The molecule has 0 aliphatic carbocycles. The number of rotatable bonds is 4. The molecular formula is C19H19NO. The monoisotopic (exact) mass is 277 g/mol. The molecule has 0 aromatic heterocycles. The van der Waals surface area contributed by atoms with E-state index in [4.69, 9.17) is 4.74 Å². The number of hydrogen-bond donors (Lipinski definition) is 0. The van der Waals surface area contributed by atoms with E-state index in [1.807, 2.05) is 18.2 Å². The van der Waals surface area contributed by atoms with Crippen molar-refractivity contribution >= 4 is 5.69 Å². The first kappa shape index (κ1) is 13.5. The molecule has 2 heteroatoms. The van der Waals surface area contributed by atoms with E-state index in [-0.39, 0.29) is 0 Å². The number of anilines is 1. The summed E-state index contributed by atoms with van der Waals surface area (Å²) in [4.78, 5) is 2.27. The molecule has 1 aliphatic rings. The Balaban J connectivity index is 1.72. The van der Waals surface area contributed by atoms with Gasteiger partial charge in [0.25, 0.3) is 0 Å². The lowest BCUT2D eigenvalue weighted by molar-refractivity contribution is 0.414. The van der Waals surface area contributed by atoms with Crippen LogP contribution in [0, 0.1) is 0 Å². The lowest BCUT2D eigenvalue weighted by Gasteiger charge is -2.25. The van der Waals surface area contributed by atoms with Gasteiger partial charge in [0.1, 0.15) is 5.75 Å². The van der Waals surface area contributed by atoms with Gasteiger partial charge in [0.15, 0.2) is 0 Å². The van der Waals surface area contributed by atoms with Gasteiger partial charge in [-0.25, -0.2) is 0 Å². The first-order valence-electron chi connectivity index (χ1n) is 7.16. The number of hydrogen-bond acceptors (Lipinski definition) is 2. The van der Waals surface area contributed by atoms with Gasteiger partial charge in [-0.15, -0.1) is 0 Å². The Labute approximate surface area is 126 Å². The average Bonchev–Trinajstić information content (AvgIpc) is 2.56. The Bertz CT molecular complexity index is 658. The normalized spacial score (nSPS) is 14.0. The predicted molar refractivity (Wildman–Crippen MR) is 87.7 cm³/mol. The van der Waals surface area contributed by atoms with E-state index in [0.29, 0.717) is 0 Å². The number of ether oxygens (including phenoxy) is 1. The summed E-state index contributed by atoms with van der Waals surface area (Å²) in [5.74, 6) is 0.916. The Morgan fingerprint density at radius 3 is 2.71 bits per heavy atom. The second kappa shape index (κ2) is 6.31. The summed E-state index contributed by atoms with van der Waals surface area (Å²) in [5.41, 5.74) is 3.91. The quantitative estimate of drug-likeness (QED) is 0.830. The van der Waals surface area contributed by atoms with Crippen LogP contribution < -0.4 is 9.64 Å². The predicted octanol–water partition coefficient (Wildman–Crippen LogP) is 4.20. The minimum absolute atomic E-state index is 0.916. The van der Waals surface area contributed by atoms with Crippen LogP contribution in [0.25, 0.3) is 0 Å². The van der Waals surface area contributed by atoms with Gasteiger partial charge in [-0.2, -0.15) is 0 Å². The van der Waals surface area contributed by atoms with Crippen molar-refractivity contribution < 1.29 is 4.74 Å². The molecule has 0 bridgehead atoms. The highest BCUT2D eigenvalue weighted by atomic mass is 16.5. The molecule has 21 heavy (non-hydrogen) atoms. The van der Waals surface area contributed by atoms with Gasteiger partial charge < -0.3 is 9.64 Å². The highest BCUT2D eigenvalue weighted by molar-refractivity contribution is 5.52. The molecule has 0 radical (unpaired) electrons. The van der Waals surface area contributed by atoms with Crippen LogP contribution in [0.2, 0.25) is 0 Å². The van der Waals surface area contributed by atoms with E-state index < -0.39 is 0 Å². The van der Waals surface area contributed by atoms with Crippen molar-refractivity contribution in [3.8, 4) is 5.75 Å². The van der Waals surface area contributed by atoms with Gasteiger partial charge in [-0.3, -0.25) is 0 Å². The first-order chi connectivity index (χ1) is 10.3. The minimum Gasteiger partial charge on any atom is -0.497 e. The van der Waals surface area contributed by atoms with Crippen LogP contribution in [-0.2, 0) is 6.42 Å². The van der Waals surface area contributed by atoms with E-state index in [1.165, 1.54) is 16.8 Å². The molecule has 0 amide bonds. The number of methoxy groups -OCH3 is 1. The highest BCUT2D eigenvalue weighted by Gasteiger charge is 2.10. The molecule has 106 valence electrons. The largest absolute Gasteiger partial charge is 0.497 e. The zero-order valence-corrected chi connectivity index (χ0v) is 12.2. The van der Waals surface area contributed by atoms with Crippen LogP contribution in [0.15, 0.2) is 78.5 Å². The van der Waals surface area contributed by atoms with E-state index >= 15 is 0 Å². The summed E-state index contributed by atoms with van der Waals surface area (Å²) < 4.78 is 5.29. The fraction of sp³-hybridized carbons (Fsp3) is 0.158. The number of nitrogens with zero attached hydrogens (tertiary/aromatic N) is 1. The molecule has 0 unspecified atom stereocenters. The molecule has 2 nitrogen and oxygen atoms in total. The zero-order chi connectivity index (χ0) is 14.5. The highest BCUT2D eigenvalue weighted by Crippen LogP contribution is 2.22. The Kier molecular flexibility index (Phi) is 4.06. The van der Waals surface area contributed by atoms with Gasteiger partial charge >= 0.3 is 0 Å². The van der Waals surface area contributed by atoms with Crippen molar-refractivity contribution in [2.75, 3.05) is 18.6 Å². The molecule has 2 aromatic rings. The maximum Gasteiger partial charge on any atom is 0.119 e. The molecule has 0 N–H and O–H groups in total. The minimum atomic E-state index is 0.916. The summed E-state index contributed by atoms with van der Waals surface area (Å²) in [7, 11) is 1.71. The molecule has 0 fully saturated rings. The molecule has 0 spiro atoms. The third-order valence-electron chi connectivity index (χ3n) is 3.62. The van der Waals surface area contributed by atoms with E-state index in [1.54, 1.807) is 7.11 Å². The molecule has 3 rings (SSSR count). The number of benzene rings is 2. The first-order valence-corrected chi connectivity index (χ1v) is 7.16.